The maximum atomic E-state index is 12.7. The average molecular weight is 577 g/mol. The second-order valence-electron chi connectivity index (χ2n) is 15.3. The summed E-state index contributed by atoms with van der Waals surface area (Å²) in [6.07, 6.45) is 18.3. The molecular weight excluding hydrogens is 520 g/mol. The number of ether oxygens (including phenoxy) is 2. The van der Waals surface area contributed by atoms with E-state index in [1.165, 1.54) is 51.7 Å². The molecule has 9 atom stereocenters. The van der Waals surface area contributed by atoms with Gasteiger partial charge in [-0.3, -0.25) is 0 Å². The monoisotopic (exact) mass is 576 g/mol. The molecule has 5 rings (SSSR count). The number of hydrogen-bond donors (Lipinski definition) is 1. The summed E-state index contributed by atoms with van der Waals surface area (Å²) in [7, 11) is 1.52. The quantitative estimate of drug-likeness (QED) is 0.181. The minimum Gasteiger partial charge on any atom is -0.504 e. The lowest BCUT2D eigenvalue weighted by molar-refractivity contribution is -0.148. The number of benzene rings is 1. The van der Waals surface area contributed by atoms with Gasteiger partial charge in [-0.05, 0) is 127 Å². The summed E-state index contributed by atoms with van der Waals surface area (Å²) < 4.78 is 11.2. The average Bonchev–Trinajstić information content (AvgIpc) is 3.32. The molecule has 1 N–H and O–H groups in total. The third-order valence-corrected chi connectivity index (χ3v) is 12.9. The molecule has 0 aliphatic heterocycles. The highest BCUT2D eigenvalue weighted by Crippen LogP contribution is 2.67. The lowest BCUT2D eigenvalue weighted by atomic mass is 9.47. The molecule has 1 aromatic rings. The lowest BCUT2D eigenvalue weighted by Crippen LogP contribution is -2.50. The highest BCUT2D eigenvalue weighted by atomic mass is 16.5. The van der Waals surface area contributed by atoms with E-state index in [1.807, 2.05) is 5.57 Å². The molecule has 4 nitrogen and oxygen atoms in total. The van der Waals surface area contributed by atoms with E-state index in [4.69, 9.17) is 9.47 Å². The lowest BCUT2D eigenvalue weighted by Gasteiger charge is -2.58. The molecule has 0 bridgehead atoms. The molecule has 0 saturated heterocycles. The molecule has 3 saturated carbocycles. The van der Waals surface area contributed by atoms with Crippen LogP contribution in [0.1, 0.15) is 111 Å². The highest BCUT2D eigenvalue weighted by Gasteiger charge is 2.58. The summed E-state index contributed by atoms with van der Waals surface area (Å²) in [4.78, 5) is 12.7. The number of methoxy groups -OCH3 is 1. The summed E-state index contributed by atoms with van der Waals surface area (Å²) in [6.45, 7) is 15.0. The Balaban J connectivity index is 1.21. The van der Waals surface area contributed by atoms with Crippen molar-refractivity contribution in [1.29, 1.82) is 0 Å². The van der Waals surface area contributed by atoms with Gasteiger partial charge in [0.2, 0.25) is 0 Å². The van der Waals surface area contributed by atoms with Crippen molar-refractivity contribution in [2.45, 2.75) is 112 Å². The number of carbonyl (C=O) groups is 1. The molecule has 4 heteroatoms. The predicted molar refractivity (Wildman–Crippen MR) is 171 cm³/mol. The fraction of sp³-hybridized carbons (Fsp3) is 0.711. The molecule has 2 unspecified atom stereocenters. The molecule has 0 radical (unpaired) electrons. The fourth-order valence-corrected chi connectivity index (χ4v) is 9.78. The Kier molecular flexibility index (Phi) is 9.22. The largest absolute Gasteiger partial charge is 0.504 e. The van der Waals surface area contributed by atoms with E-state index in [1.54, 1.807) is 24.3 Å². The van der Waals surface area contributed by atoms with E-state index in [9.17, 15) is 9.90 Å². The van der Waals surface area contributed by atoms with Crippen LogP contribution in [0.25, 0.3) is 6.08 Å². The number of hydrogen-bond acceptors (Lipinski definition) is 4. The van der Waals surface area contributed by atoms with Crippen LogP contribution in [0.4, 0.5) is 0 Å². The van der Waals surface area contributed by atoms with Gasteiger partial charge >= 0.3 is 5.97 Å². The van der Waals surface area contributed by atoms with E-state index in [0.717, 1.165) is 60.8 Å². The number of fused-ring (bicyclic) bond motifs is 5. The number of esters is 1. The van der Waals surface area contributed by atoms with Gasteiger partial charge in [0, 0.05) is 6.08 Å². The summed E-state index contributed by atoms with van der Waals surface area (Å²) >= 11 is 0. The highest BCUT2D eigenvalue weighted by molar-refractivity contribution is 5.87. The SMILES string of the molecule is COc1cc(/C=C/C(=O)O[C@H]2CC[C@@]3(C)[C@@H](CC=C4C5CC[C@H]([C@H](C)CCC(C)C(C)C)[C@@]5(C)CC[C@@H]43)C2)ccc1O. The molecule has 0 aromatic heterocycles. The Bertz CT molecular complexity index is 1180. The van der Waals surface area contributed by atoms with Gasteiger partial charge < -0.3 is 14.6 Å². The third kappa shape index (κ3) is 5.93. The topological polar surface area (TPSA) is 55.8 Å². The molecule has 3 fully saturated rings. The zero-order valence-corrected chi connectivity index (χ0v) is 27.3. The third-order valence-electron chi connectivity index (χ3n) is 12.9. The predicted octanol–water partition coefficient (Wildman–Crippen LogP) is 9.61. The zero-order valence-electron chi connectivity index (χ0n) is 27.3. The molecule has 0 heterocycles. The smallest absolute Gasteiger partial charge is 0.331 e. The van der Waals surface area contributed by atoms with E-state index < -0.39 is 0 Å². The summed E-state index contributed by atoms with van der Waals surface area (Å²) in [5.74, 6) is 5.53. The Morgan fingerprint density at radius 2 is 1.76 bits per heavy atom. The minimum atomic E-state index is -0.287. The van der Waals surface area contributed by atoms with Crippen molar-refractivity contribution in [2.24, 2.45) is 52.3 Å². The molecule has 0 amide bonds. The van der Waals surface area contributed by atoms with Crippen molar-refractivity contribution in [3.05, 3.63) is 41.5 Å². The molecule has 1 aromatic carbocycles. The van der Waals surface area contributed by atoms with Crippen molar-refractivity contribution < 1.29 is 19.4 Å². The standard InChI is InChI=1S/C38H56O4/c1-24(2)25(3)8-9-26(4)31-14-15-32-30-13-12-28-23-29(18-20-37(28,5)33(30)19-21-38(31,32)6)42-36(40)17-11-27-10-16-34(39)35(22-27)41-7/h10-11,13,16-17,22,24-26,28-29,31-33,39H,8-9,12,14-15,18-21,23H2,1-7H3/b17-11+/t25?,26-,28+,29+,31-,32?,33+,37+,38-/m1/s1. The summed E-state index contributed by atoms with van der Waals surface area (Å²) in [5, 5.41) is 9.81. The van der Waals surface area contributed by atoms with Crippen molar-refractivity contribution in [1.82, 2.24) is 0 Å². The molecule has 42 heavy (non-hydrogen) atoms. The molecular formula is C38H56O4. The van der Waals surface area contributed by atoms with Crippen LogP contribution >= 0.6 is 0 Å². The first kappa shape index (κ1) is 31.2. The summed E-state index contributed by atoms with van der Waals surface area (Å²) in [5.41, 5.74) is 3.40. The minimum absolute atomic E-state index is 0.0108. The van der Waals surface area contributed by atoms with Crippen LogP contribution < -0.4 is 4.74 Å². The van der Waals surface area contributed by atoms with Gasteiger partial charge in [0.05, 0.1) is 7.11 Å². The Hall–Kier alpha value is -2.23. The van der Waals surface area contributed by atoms with Crippen LogP contribution in [0, 0.1) is 52.3 Å². The van der Waals surface area contributed by atoms with Gasteiger partial charge in [-0.25, -0.2) is 4.79 Å². The number of phenols is 1. The van der Waals surface area contributed by atoms with Crippen LogP contribution in [0.15, 0.2) is 35.9 Å². The first-order valence-corrected chi connectivity index (χ1v) is 16.9. The first-order valence-electron chi connectivity index (χ1n) is 16.9. The van der Waals surface area contributed by atoms with Crippen LogP contribution in [0.2, 0.25) is 0 Å². The van der Waals surface area contributed by atoms with Gasteiger partial charge in [0.25, 0.3) is 0 Å². The molecule has 4 aliphatic rings. The van der Waals surface area contributed by atoms with E-state index in [2.05, 4.69) is 47.6 Å². The van der Waals surface area contributed by atoms with Crippen LogP contribution in [0.5, 0.6) is 11.5 Å². The normalized spacial score (nSPS) is 35.6. The van der Waals surface area contributed by atoms with Crippen molar-refractivity contribution >= 4 is 12.0 Å². The van der Waals surface area contributed by atoms with Crippen LogP contribution in [-0.2, 0) is 9.53 Å². The first-order chi connectivity index (χ1) is 20.0. The Morgan fingerprint density at radius 1 is 1.02 bits per heavy atom. The van der Waals surface area contributed by atoms with Gasteiger partial charge in [-0.2, -0.15) is 0 Å². The number of carbonyl (C=O) groups excluding carboxylic acids is 1. The fourth-order valence-electron chi connectivity index (χ4n) is 9.78. The second-order valence-corrected chi connectivity index (χ2v) is 15.3. The van der Waals surface area contributed by atoms with Gasteiger partial charge in [0.15, 0.2) is 11.5 Å². The van der Waals surface area contributed by atoms with Crippen LogP contribution in [-0.4, -0.2) is 24.3 Å². The van der Waals surface area contributed by atoms with E-state index >= 15 is 0 Å². The maximum Gasteiger partial charge on any atom is 0.331 e. The molecule has 4 aliphatic carbocycles. The zero-order chi connectivity index (χ0) is 30.2. The van der Waals surface area contributed by atoms with E-state index in [-0.39, 0.29) is 17.8 Å². The number of allylic oxidation sites excluding steroid dienone is 2. The van der Waals surface area contributed by atoms with E-state index in [0.29, 0.717) is 28.4 Å². The van der Waals surface area contributed by atoms with Gasteiger partial charge in [-0.1, -0.05) is 72.1 Å². The molecule has 232 valence electrons. The van der Waals surface area contributed by atoms with Gasteiger partial charge in [-0.15, -0.1) is 0 Å². The number of aromatic hydroxyl groups is 1. The second kappa shape index (κ2) is 12.4. The Labute approximate surface area is 255 Å². The number of rotatable bonds is 9. The molecule has 0 spiro atoms. The maximum absolute atomic E-state index is 12.7. The Morgan fingerprint density at radius 3 is 2.50 bits per heavy atom. The summed E-state index contributed by atoms with van der Waals surface area (Å²) in [6, 6.07) is 5.05. The van der Waals surface area contributed by atoms with Gasteiger partial charge in [0.1, 0.15) is 6.10 Å². The van der Waals surface area contributed by atoms with Crippen molar-refractivity contribution in [3.63, 3.8) is 0 Å². The van der Waals surface area contributed by atoms with Crippen molar-refractivity contribution in [2.75, 3.05) is 7.11 Å². The number of phenolic OH excluding ortho intramolecular Hbond substituents is 1. The van der Waals surface area contributed by atoms with Crippen molar-refractivity contribution in [3.8, 4) is 11.5 Å². The van der Waals surface area contributed by atoms with Crippen LogP contribution in [0.3, 0.4) is 0 Å².